The van der Waals surface area contributed by atoms with Gasteiger partial charge in [-0.25, -0.2) is 9.80 Å². The molecule has 0 aromatic carbocycles. The van der Waals surface area contributed by atoms with Crippen LogP contribution in [0.25, 0.3) is 5.69 Å². The van der Waals surface area contributed by atoms with Gasteiger partial charge in [0.1, 0.15) is 12.5 Å². The van der Waals surface area contributed by atoms with E-state index in [1.54, 1.807) is 12.3 Å². The van der Waals surface area contributed by atoms with E-state index in [1.807, 2.05) is 0 Å². The Hall–Kier alpha value is -2.29. The van der Waals surface area contributed by atoms with Crippen molar-refractivity contribution in [1.82, 2.24) is 19.5 Å². The first-order valence-corrected chi connectivity index (χ1v) is 5.50. The van der Waals surface area contributed by atoms with Crippen LogP contribution in [-0.4, -0.2) is 31.4 Å². The fourth-order valence-electron chi connectivity index (χ4n) is 1.59. The van der Waals surface area contributed by atoms with Crippen molar-refractivity contribution in [3.8, 4) is 5.69 Å². The zero-order valence-corrected chi connectivity index (χ0v) is 10.1. The third-order valence-corrected chi connectivity index (χ3v) is 2.45. The lowest BCUT2D eigenvalue weighted by molar-refractivity contribution is 0.101. The molecule has 8 heteroatoms. The predicted octanol–water partition coefficient (Wildman–Crippen LogP) is -1.16. The zero-order valence-electron chi connectivity index (χ0n) is 10.1. The van der Waals surface area contributed by atoms with Crippen LogP contribution in [-0.2, 0) is 6.54 Å². The summed E-state index contributed by atoms with van der Waals surface area (Å²) >= 11 is 0. The van der Waals surface area contributed by atoms with Gasteiger partial charge in [-0.05, 0) is 17.7 Å². The number of aliphatic hydroxyl groups is 1. The van der Waals surface area contributed by atoms with Gasteiger partial charge in [-0.3, -0.25) is 15.4 Å². The lowest BCUT2D eigenvalue weighted by Gasteiger charge is -2.13. The minimum Gasteiger partial charge on any atom is -0.383 e. The highest BCUT2D eigenvalue weighted by Crippen LogP contribution is 2.08. The molecule has 0 spiro atoms. The maximum atomic E-state index is 11.7. The van der Waals surface area contributed by atoms with E-state index in [1.165, 1.54) is 28.0 Å². The minimum atomic E-state index is -0.481. The Morgan fingerprint density at radius 1 is 1.42 bits per heavy atom. The molecule has 0 atom stereocenters. The van der Waals surface area contributed by atoms with Crippen molar-refractivity contribution in [1.29, 1.82) is 0 Å². The molecule has 0 bridgehead atoms. The molecule has 5 N–H and O–H groups in total. The molecule has 19 heavy (non-hydrogen) atoms. The fourth-order valence-corrected chi connectivity index (χ4v) is 1.59. The lowest BCUT2D eigenvalue weighted by Crippen LogP contribution is -2.31. The van der Waals surface area contributed by atoms with Crippen molar-refractivity contribution < 1.29 is 5.11 Å². The summed E-state index contributed by atoms with van der Waals surface area (Å²) in [6.07, 6.45) is 4.66. The molecule has 0 unspecified atom stereocenters. The van der Waals surface area contributed by atoms with E-state index < -0.39 is 5.69 Å². The van der Waals surface area contributed by atoms with Crippen LogP contribution in [0.5, 0.6) is 0 Å². The fraction of sp³-hybridized carbons (Fsp3) is 0.182. The van der Waals surface area contributed by atoms with Gasteiger partial charge in [0.2, 0.25) is 0 Å². The standard InChI is InChI=1S/C11H14N6O2/c12-10-1-2-17(11(19)15-10)9-3-8(4-14-5-9)6-16(13)7-18/h1-5,18H,6-7,13H2,(H2,12,15,19). The van der Waals surface area contributed by atoms with E-state index in [0.717, 1.165) is 5.56 Å². The van der Waals surface area contributed by atoms with Crippen molar-refractivity contribution in [3.63, 3.8) is 0 Å². The van der Waals surface area contributed by atoms with Crippen LogP contribution in [0.1, 0.15) is 5.56 Å². The molecule has 2 aromatic rings. The average molecular weight is 262 g/mol. The molecule has 2 heterocycles. The summed E-state index contributed by atoms with van der Waals surface area (Å²) in [6.45, 7) is 0.0437. The molecular formula is C11H14N6O2. The Kier molecular flexibility index (Phi) is 3.85. The van der Waals surface area contributed by atoms with Crippen LogP contribution in [0, 0.1) is 0 Å². The van der Waals surface area contributed by atoms with E-state index in [2.05, 4.69) is 9.97 Å². The molecule has 0 fully saturated rings. The van der Waals surface area contributed by atoms with Crippen molar-refractivity contribution in [3.05, 3.63) is 46.8 Å². The Morgan fingerprint density at radius 2 is 2.21 bits per heavy atom. The normalized spacial score (nSPS) is 10.9. The molecule has 0 aliphatic heterocycles. The molecule has 2 rings (SSSR count). The number of aromatic nitrogens is 3. The second kappa shape index (κ2) is 5.57. The third-order valence-electron chi connectivity index (χ3n) is 2.45. The van der Waals surface area contributed by atoms with E-state index in [-0.39, 0.29) is 12.5 Å². The summed E-state index contributed by atoms with van der Waals surface area (Å²) in [5.41, 5.74) is 6.27. The summed E-state index contributed by atoms with van der Waals surface area (Å²) in [6, 6.07) is 3.26. The van der Waals surface area contributed by atoms with Crippen molar-refractivity contribution in [2.45, 2.75) is 6.54 Å². The zero-order chi connectivity index (χ0) is 13.8. The van der Waals surface area contributed by atoms with Crippen molar-refractivity contribution in [2.24, 2.45) is 5.84 Å². The van der Waals surface area contributed by atoms with E-state index >= 15 is 0 Å². The van der Waals surface area contributed by atoms with Gasteiger partial charge in [-0.1, -0.05) is 0 Å². The minimum absolute atomic E-state index is 0.166. The van der Waals surface area contributed by atoms with Gasteiger partial charge < -0.3 is 10.8 Å². The predicted molar refractivity (Wildman–Crippen MR) is 68.9 cm³/mol. The van der Waals surface area contributed by atoms with Gasteiger partial charge in [0.05, 0.1) is 11.9 Å². The van der Waals surface area contributed by atoms with Crippen LogP contribution >= 0.6 is 0 Å². The molecule has 100 valence electrons. The van der Waals surface area contributed by atoms with Crippen LogP contribution in [0.4, 0.5) is 5.82 Å². The third kappa shape index (κ3) is 3.13. The highest BCUT2D eigenvalue weighted by Gasteiger charge is 2.05. The van der Waals surface area contributed by atoms with Crippen molar-refractivity contribution >= 4 is 5.82 Å². The molecule has 0 saturated carbocycles. The molecule has 0 saturated heterocycles. The number of nitrogen functional groups attached to an aromatic ring is 1. The number of hydrazine groups is 1. The number of nitrogens with zero attached hydrogens (tertiary/aromatic N) is 4. The number of anilines is 1. The van der Waals surface area contributed by atoms with Gasteiger partial charge in [0.15, 0.2) is 0 Å². The SMILES string of the molecule is Nc1ccn(-c2cncc(CN(N)CO)c2)c(=O)n1. The number of rotatable bonds is 4. The first-order chi connectivity index (χ1) is 9.10. The molecule has 0 radical (unpaired) electrons. The molecule has 0 aliphatic rings. The Morgan fingerprint density at radius 3 is 2.89 bits per heavy atom. The second-order valence-corrected chi connectivity index (χ2v) is 3.94. The van der Waals surface area contributed by atoms with E-state index in [9.17, 15) is 4.79 Å². The highest BCUT2D eigenvalue weighted by atomic mass is 16.3. The van der Waals surface area contributed by atoms with Gasteiger partial charge in [-0.15, -0.1) is 0 Å². The van der Waals surface area contributed by atoms with Gasteiger partial charge >= 0.3 is 5.69 Å². The van der Waals surface area contributed by atoms with Crippen LogP contribution < -0.4 is 17.3 Å². The van der Waals surface area contributed by atoms with Crippen LogP contribution in [0.15, 0.2) is 35.5 Å². The Balaban J connectivity index is 2.35. The summed E-state index contributed by atoms with van der Waals surface area (Å²) in [5, 5.41) is 10.1. The molecular weight excluding hydrogens is 248 g/mol. The lowest BCUT2D eigenvalue weighted by atomic mass is 10.2. The van der Waals surface area contributed by atoms with Crippen molar-refractivity contribution in [2.75, 3.05) is 12.5 Å². The Bertz CT molecular complexity index is 627. The molecule has 2 aromatic heterocycles. The average Bonchev–Trinajstić information content (AvgIpc) is 2.39. The topological polar surface area (TPSA) is 123 Å². The summed E-state index contributed by atoms with van der Waals surface area (Å²) in [7, 11) is 0. The Labute approximate surface area is 108 Å². The first kappa shape index (κ1) is 13.1. The first-order valence-electron chi connectivity index (χ1n) is 5.50. The van der Waals surface area contributed by atoms with Crippen LogP contribution in [0.2, 0.25) is 0 Å². The smallest absolute Gasteiger partial charge is 0.354 e. The summed E-state index contributed by atoms with van der Waals surface area (Å²) in [4.78, 5) is 19.4. The molecule has 0 aliphatic carbocycles. The molecule has 0 amide bonds. The number of hydrogen-bond acceptors (Lipinski definition) is 7. The van der Waals surface area contributed by atoms with E-state index in [4.69, 9.17) is 16.7 Å². The summed E-state index contributed by atoms with van der Waals surface area (Å²) in [5.74, 6) is 5.67. The maximum absolute atomic E-state index is 11.7. The van der Waals surface area contributed by atoms with Crippen LogP contribution in [0.3, 0.4) is 0 Å². The number of pyridine rings is 1. The van der Waals surface area contributed by atoms with Gasteiger partial charge in [-0.2, -0.15) is 4.98 Å². The second-order valence-electron chi connectivity index (χ2n) is 3.94. The number of nitrogens with two attached hydrogens (primary N) is 2. The quantitative estimate of drug-likeness (QED) is 0.360. The monoisotopic (exact) mass is 262 g/mol. The molecule has 8 nitrogen and oxygen atoms in total. The summed E-state index contributed by atoms with van der Waals surface area (Å²) < 4.78 is 1.33. The number of aliphatic hydroxyl groups excluding tert-OH is 1. The maximum Gasteiger partial charge on any atom is 0.354 e. The van der Waals surface area contributed by atoms with Gasteiger partial charge in [0, 0.05) is 18.9 Å². The number of hydrogen-bond donors (Lipinski definition) is 3. The van der Waals surface area contributed by atoms with Gasteiger partial charge in [0.25, 0.3) is 0 Å². The largest absolute Gasteiger partial charge is 0.383 e. The van der Waals surface area contributed by atoms with E-state index in [0.29, 0.717) is 12.2 Å². The highest BCUT2D eigenvalue weighted by molar-refractivity contribution is 5.34.